The second-order valence-corrected chi connectivity index (χ2v) is 7.47. The molecule has 2 aromatic rings. The maximum Gasteiger partial charge on any atom is 0.435 e. The number of hydrogen-bond acceptors (Lipinski definition) is 6. The standard InChI is InChI=1S/C22H18BrF3N2O5/c1-4-33-21(30)12-5-7-14(8-6-12)28-20(29)15(19(27-28)22(24,25)26)9-13-10-17(31-2)18(32-3)11-16(13)23/h5-11H,4H2,1-3H3/b15-9-. The summed E-state index contributed by atoms with van der Waals surface area (Å²) in [5.74, 6) is -0.935. The lowest BCUT2D eigenvalue weighted by atomic mass is 10.1. The second-order valence-electron chi connectivity index (χ2n) is 6.62. The van der Waals surface area contributed by atoms with Crippen LogP contribution >= 0.6 is 15.9 Å². The Morgan fingerprint density at radius 2 is 1.73 bits per heavy atom. The van der Waals surface area contributed by atoms with E-state index in [-0.39, 0.29) is 29.2 Å². The molecule has 0 aromatic heterocycles. The van der Waals surface area contributed by atoms with Crippen LogP contribution in [-0.4, -0.2) is 44.6 Å². The number of methoxy groups -OCH3 is 2. The van der Waals surface area contributed by atoms with Crippen molar-refractivity contribution in [2.24, 2.45) is 5.10 Å². The number of amides is 1. The van der Waals surface area contributed by atoms with E-state index in [9.17, 15) is 22.8 Å². The van der Waals surface area contributed by atoms with E-state index >= 15 is 0 Å². The van der Waals surface area contributed by atoms with Crippen LogP contribution in [-0.2, 0) is 9.53 Å². The number of carbonyl (C=O) groups excluding carboxylic acids is 2. The van der Waals surface area contributed by atoms with Gasteiger partial charge >= 0.3 is 12.1 Å². The number of alkyl halides is 3. The second kappa shape index (κ2) is 9.65. The Morgan fingerprint density at radius 1 is 1.12 bits per heavy atom. The molecule has 0 unspecified atom stereocenters. The van der Waals surface area contributed by atoms with Gasteiger partial charge in [0.2, 0.25) is 0 Å². The molecular formula is C22H18BrF3N2O5. The first-order valence-electron chi connectivity index (χ1n) is 9.51. The van der Waals surface area contributed by atoms with Gasteiger partial charge in [0, 0.05) is 4.47 Å². The minimum atomic E-state index is -4.88. The summed E-state index contributed by atoms with van der Waals surface area (Å²) in [6.45, 7) is 1.82. The summed E-state index contributed by atoms with van der Waals surface area (Å²) in [5, 5.41) is 4.16. The molecule has 0 aliphatic carbocycles. The average Bonchev–Trinajstić information content (AvgIpc) is 3.11. The third kappa shape index (κ3) is 5.03. The Labute approximate surface area is 195 Å². The van der Waals surface area contributed by atoms with Crippen LogP contribution in [0.3, 0.4) is 0 Å². The van der Waals surface area contributed by atoms with Crippen molar-refractivity contribution >= 4 is 45.3 Å². The van der Waals surface area contributed by atoms with Crippen molar-refractivity contribution in [3.05, 3.63) is 57.6 Å². The maximum absolute atomic E-state index is 13.7. The molecule has 174 valence electrons. The van der Waals surface area contributed by atoms with E-state index in [1.807, 2.05) is 0 Å². The lowest BCUT2D eigenvalue weighted by molar-refractivity contribution is -0.114. The Hall–Kier alpha value is -3.34. The zero-order valence-electron chi connectivity index (χ0n) is 17.7. The number of rotatable bonds is 6. The van der Waals surface area contributed by atoms with Gasteiger partial charge in [-0.15, -0.1) is 0 Å². The molecule has 0 spiro atoms. The molecule has 1 amide bonds. The Bertz CT molecular complexity index is 1140. The number of benzene rings is 2. The van der Waals surface area contributed by atoms with Gasteiger partial charge in [-0.3, -0.25) is 4.79 Å². The van der Waals surface area contributed by atoms with Crippen LogP contribution in [0, 0.1) is 0 Å². The predicted octanol–water partition coefficient (Wildman–Crippen LogP) is 4.99. The molecule has 0 radical (unpaired) electrons. The minimum Gasteiger partial charge on any atom is -0.493 e. The molecule has 0 bridgehead atoms. The SMILES string of the molecule is CCOC(=O)c1ccc(N2N=C(C(F)(F)F)/C(=C/c3cc(OC)c(OC)cc3Br)C2=O)cc1. The minimum absolute atomic E-state index is 0.0598. The summed E-state index contributed by atoms with van der Waals surface area (Å²) < 4.78 is 56.8. The van der Waals surface area contributed by atoms with Crippen LogP contribution < -0.4 is 14.5 Å². The summed E-state index contributed by atoms with van der Waals surface area (Å²) in [7, 11) is 2.80. The van der Waals surface area contributed by atoms with Crippen molar-refractivity contribution in [2.75, 3.05) is 25.8 Å². The van der Waals surface area contributed by atoms with E-state index in [4.69, 9.17) is 14.2 Å². The highest BCUT2D eigenvalue weighted by atomic mass is 79.9. The van der Waals surface area contributed by atoms with Gasteiger partial charge in [-0.2, -0.15) is 23.3 Å². The molecule has 1 aliphatic rings. The van der Waals surface area contributed by atoms with Gasteiger partial charge in [0.05, 0.1) is 37.7 Å². The van der Waals surface area contributed by atoms with Gasteiger partial charge in [-0.1, -0.05) is 15.9 Å². The average molecular weight is 527 g/mol. The molecular weight excluding hydrogens is 509 g/mol. The number of hydrazone groups is 1. The monoisotopic (exact) mass is 526 g/mol. The van der Waals surface area contributed by atoms with Crippen LogP contribution in [0.2, 0.25) is 0 Å². The van der Waals surface area contributed by atoms with E-state index in [0.29, 0.717) is 15.2 Å². The van der Waals surface area contributed by atoms with E-state index < -0.39 is 29.3 Å². The lowest BCUT2D eigenvalue weighted by Gasteiger charge is -2.13. The number of ether oxygens (including phenoxy) is 3. The zero-order valence-corrected chi connectivity index (χ0v) is 19.3. The van der Waals surface area contributed by atoms with Crippen molar-refractivity contribution in [1.82, 2.24) is 0 Å². The summed E-state index contributed by atoms with van der Waals surface area (Å²) in [6, 6.07) is 8.27. The molecule has 0 saturated carbocycles. The van der Waals surface area contributed by atoms with Crippen molar-refractivity contribution in [2.45, 2.75) is 13.1 Å². The van der Waals surface area contributed by atoms with Crippen molar-refractivity contribution in [3.63, 3.8) is 0 Å². The van der Waals surface area contributed by atoms with E-state index in [1.165, 1.54) is 50.6 Å². The summed E-state index contributed by atoms with van der Waals surface area (Å²) >= 11 is 3.27. The number of nitrogens with zero attached hydrogens (tertiary/aromatic N) is 2. The Morgan fingerprint density at radius 3 is 2.27 bits per heavy atom. The number of hydrogen-bond donors (Lipinski definition) is 0. The number of anilines is 1. The van der Waals surface area contributed by atoms with Gasteiger partial charge in [-0.25, -0.2) is 4.79 Å². The predicted molar refractivity (Wildman–Crippen MR) is 119 cm³/mol. The maximum atomic E-state index is 13.7. The highest BCUT2D eigenvalue weighted by Gasteiger charge is 2.47. The Kier molecular flexibility index (Phi) is 7.11. The summed E-state index contributed by atoms with van der Waals surface area (Å²) in [4.78, 5) is 24.8. The fraction of sp³-hybridized carbons (Fsp3) is 0.227. The normalized spacial score (nSPS) is 15.0. The van der Waals surface area contributed by atoms with Crippen LogP contribution in [0.25, 0.3) is 6.08 Å². The quantitative estimate of drug-likeness (QED) is 0.391. The van der Waals surface area contributed by atoms with E-state index in [1.54, 1.807) is 6.92 Å². The molecule has 3 rings (SSSR count). The molecule has 1 aliphatic heterocycles. The molecule has 0 N–H and O–H groups in total. The molecule has 7 nitrogen and oxygen atoms in total. The molecule has 0 atom stereocenters. The van der Waals surface area contributed by atoms with Gasteiger partial charge in [0.15, 0.2) is 17.2 Å². The zero-order chi connectivity index (χ0) is 24.3. The van der Waals surface area contributed by atoms with Crippen LogP contribution in [0.4, 0.5) is 18.9 Å². The third-order valence-corrected chi connectivity index (χ3v) is 5.26. The first kappa shape index (κ1) is 24.3. The molecule has 11 heteroatoms. The number of carbonyl (C=O) groups is 2. The van der Waals surface area contributed by atoms with Gasteiger partial charge in [-0.05, 0) is 55.0 Å². The highest BCUT2D eigenvalue weighted by molar-refractivity contribution is 9.10. The first-order chi connectivity index (χ1) is 15.6. The molecule has 0 fully saturated rings. The molecule has 2 aromatic carbocycles. The van der Waals surface area contributed by atoms with Gasteiger partial charge < -0.3 is 14.2 Å². The van der Waals surface area contributed by atoms with Crippen molar-refractivity contribution in [1.29, 1.82) is 0 Å². The number of esters is 1. The largest absolute Gasteiger partial charge is 0.493 e. The molecule has 1 heterocycles. The smallest absolute Gasteiger partial charge is 0.435 e. The lowest BCUT2D eigenvalue weighted by Crippen LogP contribution is -2.25. The Balaban J connectivity index is 2.04. The fourth-order valence-electron chi connectivity index (χ4n) is 3.02. The molecule has 0 saturated heterocycles. The van der Waals surface area contributed by atoms with E-state index in [0.717, 1.165) is 6.08 Å². The third-order valence-electron chi connectivity index (χ3n) is 4.57. The molecule has 33 heavy (non-hydrogen) atoms. The topological polar surface area (TPSA) is 77.4 Å². The summed E-state index contributed by atoms with van der Waals surface area (Å²) in [6.07, 6.45) is -3.81. The fourth-order valence-corrected chi connectivity index (χ4v) is 3.46. The van der Waals surface area contributed by atoms with E-state index in [2.05, 4.69) is 21.0 Å². The first-order valence-corrected chi connectivity index (χ1v) is 10.3. The van der Waals surface area contributed by atoms with Crippen molar-refractivity contribution < 1.29 is 37.0 Å². The van der Waals surface area contributed by atoms with Crippen LogP contribution in [0.5, 0.6) is 11.5 Å². The van der Waals surface area contributed by atoms with Gasteiger partial charge in [0.1, 0.15) is 0 Å². The van der Waals surface area contributed by atoms with Crippen LogP contribution in [0.1, 0.15) is 22.8 Å². The number of halogens is 4. The van der Waals surface area contributed by atoms with Crippen molar-refractivity contribution in [3.8, 4) is 11.5 Å². The highest BCUT2D eigenvalue weighted by Crippen LogP contribution is 2.37. The summed E-state index contributed by atoms with van der Waals surface area (Å²) in [5.41, 5.74) is -1.48. The van der Waals surface area contributed by atoms with Gasteiger partial charge in [0.25, 0.3) is 5.91 Å². The van der Waals surface area contributed by atoms with Crippen LogP contribution in [0.15, 0.2) is 51.5 Å².